The van der Waals surface area contributed by atoms with Gasteiger partial charge in [-0.15, -0.1) is 0 Å². The standard InChI is InChI=1S/C17H18N4O3/c22-15-11-20(14(10-18-15)12-5-2-1-3-6-12)16(23)13-9-19-21-7-4-8-24-17(13)21/h1-3,5-6,9,14H,4,7-8,10-11H2,(H,18,22). The summed E-state index contributed by atoms with van der Waals surface area (Å²) in [5, 5.41) is 7.07. The second-order valence-electron chi connectivity index (χ2n) is 5.95. The maximum Gasteiger partial charge on any atom is 0.262 e. The Morgan fingerprint density at radius 1 is 1.29 bits per heavy atom. The molecule has 2 aliphatic heterocycles. The number of piperazine rings is 1. The van der Waals surface area contributed by atoms with Crippen molar-refractivity contribution in [3.8, 4) is 5.88 Å². The first-order valence-electron chi connectivity index (χ1n) is 8.05. The average Bonchev–Trinajstić information content (AvgIpc) is 3.06. The largest absolute Gasteiger partial charge is 0.477 e. The predicted molar refractivity (Wildman–Crippen MR) is 85.6 cm³/mol. The smallest absolute Gasteiger partial charge is 0.262 e. The van der Waals surface area contributed by atoms with Crippen LogP contribution in [0.2, 0.25) is 0 Å². The maximum atomic E-state index is 13.1. The molecule has 0 aliphatic carbocycles. The number of rotatable bonds is 2. The third kappa shape index (κ3) is 2.51. The van der Waals surface area contributed by atoms with E-state index in [0.29, 0.717) is 24.6 Å². The summed E-state index contributed by atoms with van der Waals surface area (Å²) in [6.07, 6.45) is 2.42. The lowest BCUT2D eigenvalue weighted by atomic mass is 10.0. The van der Waals surface area contributed by atoms with Crippen molar-refractivity contribution in [3.05, 3.63) is 47.7 Å². The lowest BCUT2D eigenvalue weighted by Gasteiger charge is -2.35. The molecule has 0 spiro atoms. The van der Waals surface area contributed by atoms with E-state index in [9.17, 15) is 9.59 Å². The zero-order chi connectivity index (χ0) is 16.5. The molecule has 24 heavy (non-hydrogen) atoms. The maximum absolute atomic E-state index is 13.1. The quantitative estimate of drug-likeness (QED) is 0.892. The molecule has 1 aromatic heterocycles. The van der Waals surface area contributed by atoms with Gasteiger partial charge >= 0.3 is 0 Å². The van der Waals surface area contributed by atoms with Crippen LogP contribution in [0.15, 0.2) is 36.5 Å². The fraction of sp³-hybridized carbons (Fsp3) is 0.353. The van der Waals surface area contributed by atoms with Crippen molar-refractivity contribution in [1.29, 1.82) is 0 Å². The molecular weight excluding hydrogens is 308 g/mol. The summed E-state index contributed by atoms with van der Waals surface area (Å²) < 4.78 is 7.33. The first-order chi connectivity index (χ1) is 11.7. The van der Waals surface area contributed by atoms with Gasteiger partial charge in [-0.3, -0.25) is 9.59 Å². The predicted octanol–water partition coefficient (Wildman–Crippen LogP) is 0.979. The Bertz CT molecular complexity index is 771. The van der Waals surface area contributed by atoms with E-state index in [2.05, 4.69) is 10.4 Å². The van der Waals surface area contributed by atoms with Crippen LogP contribution in [0.4, 0.5) is 0 Å². The van der Waals surface area contributed by atoms with Gasteiger partial charge in [-0.2, -0.15) is 5.10 Å². The number of fused-ring (bicyclic) bond motifs is 1. The lowest BCUT2D eigenvalue weighted by Crippen LogP contribution is -2.51. The SMILES string of the molecule is O=C1CN(C(=O)c2cnn3c2OCCC3)C(c2ccccc2)CN1. The molecule has 2 amide bonds. The number of benzene rings is 1. The van der Waals surface area contributed by atoms with Gasteiger partial charge in [-0.05, 0) is 5.56 Å². The van der Waals surface area contributed by atoms with Gasteiger partial charge < -0.3 is 15.0 Å². The van der Waals surface area contributed by atoms with Crippen molar-refractivity contribution < 1.29 is 14.3 Å². The summed E-state index contributed by atoms with van der Waals surface area (Å²) in [6, 6.07) is 9.52. The molecule has 0 bridgehead atoms. The summed E-state index contributed by atoms with van der Waals surface area (Å²) in [5.41, 5.74) is 1.41. The molecule has 1 N–H and O–H groups in total. The molecule has 7 heteroatoms. The molecule has 1 fully saturated rings. The molecule has 0 saturated carbocycles. The summed E-state index contributed by atoms with van der Waals surface area (Å²) in [6.45, 7) is 1.75. The Balaban J connectivity index is 1.67. The van der Waals surface area contributed by atoms with Gasteiger partial charge in [0.1, 0.15) is 12.1 Å². The Hall–Kier alpha value is -2.83. The first kappa shape index (κ1) is 14.7. The summed E-state index contributed by atoms with van der Waals surface area (Å²) >= 11 is 0. The molecule has 2 aliphatic rings. The molecule has 4 rings (SSSR count). The van der Waals surface area contributed by atoms with Crippen LogP contribution in [-0.2, 0) is 11.3 Å². The number of nitrogens with zero attached hydrogens (tertiary/aromatic N) is 3. The number of hydrogen-bond donors (Lipinski definition) is 1. The minimum absolute atomic E-state index is 0.0308. The van der Waals surface area contributed by atoms with Crippen LogP contribution in [-0.4, -0.2) is 46.2 Å². The number of carbonyl (C=O) groups is 2. The second kappa shape index (κ2) is 5.99. The van der Waals surface area contributed by atoms with Crippen molar-refractivity contribution in [3.63, 3.8) is 0 Å². The molecule has 1 unspecified atom stereocenters. The van der Waals surface area contributed by atoms with E-state index < -0.39 is 0 Å². The highest BCUT2D eigenvalue weighted by molar-refractivity contribution is 5.99. The van der Waals surface area contributed by atoms with Crippen LogP contribution in [0.3, 0.4) is 0 Å². The highest BCUT2D eigenvalue weighted by atomic mass is 16.5. The number of nitrogens with one attached hydrogen (secondary N) is 1. The van der Waals surface area contributed by atoms with Crippen LogP contribution in [0.5, 0.6) is 5.88 Å². The summed E-state index contributed by atoms with van der Waals surface area (Å²) in [4.78, 5) is 26.5. The zero-order valence-electron chi connectivity index (χ0n) is 13.1. The number of carbonyl (C=O) groups excluding carboxylic acids is 2. The molecule has 1 saturated heterocycles. The van der Waals surface area contributed by atoms with E-state index in [4.69, 9.17) is 4.74 Å². The minimum atomic E-state index is -0.221. The molecule has 3 heterocycles. The Morgan fingerprint density at radius 2 is 2.12 bits per heavy atom. The van der Waals surface area contributed by atoms with E-state index in [-0.39, 0.29) is 24.4 Å². The number of ether oxygens (including phenoxy) is 1. The first-order valence-corrected chi connectivity index (χ1v) is 8.05. The molecule has 7 nitrogen and oxygen atoms in total. The second-order valence-corrected chi connectivity index (χ2v) is 5.95. The number of aryl methyl sites for hydroxylation is 1. The van der Waals surface area contributed by atoms with Crippen molar-refractivity contribution in [2.75, 3.05) is 19.7 Å². The van der Waals surface area contributed by atoms with Crippen molar-refractivity contribution in [2.24, 2.45) is 0 Å². The lowest BCUT2D eigenvalue weighted by molar-refractivity contribution is -0.124. The van der Waals surface area contributed by atoms with Crippen LogP contribution in [0, 0.1) is 0 Å². The fourth-order valence-corrected chi connectivity index (χ4v) is 3.20. The topological polar surface area (TPSA) is 76.5 Å². The van der Waals surface area contributed by atoms with Gasteiger partial charge in [0.25, 0.3) is 5.91 Å². The van der Waals surface area contributed by atoms with Gasteiger partial charge in [0.15, 0.2) is 0 Å². The van der Waals surface area contributed by atoms with Gasteiger partial charge in [0.05, 0.1) is 18.8 Å². The van der Waals surface area contributed by atoms with Crippen LogP contribution in [0.1, 0.15) is 28.4 Å². The van der Waals surface area contributed by atoms with Crippen molar-refractivity contribution in [2.45, 2.75) is 19.0 Å². The summed E-state index contributed by atoms with van der Waals surface area (Å²) in [5.74, 6) is 0.128. The summed E-state index contributed by atoms with van der Waals surface area (Å²) in [7, 11) is 0. The van der Waals surface area contributed by atoms with E-state index in [1.54, 1.807) is 9.58 Å². The van der Waals surface area contributed by atoms with Gasteiger partial charge in [-0.1, -0.05) is 30.3 Å². The van der Waals surface area contributed by atoms with Crippen LogP contribution >= 0.6 is 0 Å². The number of hydrogen-bond acceptors (Lipinski definition) is 4. The molecule has 1 atom stereocenters. The van der Waals surface area contributed by atoms with Gasteiger partial charge in [-0.25, -0.2) is 4.68 Å². The van der Waals surface area contributed by atoms with Crippen LogP contribution in [0.25, 0.3) is 0 Å². The monoisotopic (exact) mass is 326 g/mol. The molecular formula is C17H18N4O3. The number of amides is 2. The Labute approximate surface area is 139 Å². The average molecular weight is 326 g/mol. The fourth-order valence-electron chi connectivity index (χ4n) is 3.20. The van der Waals surface area contributed by atoms with Gasteiger partial charge in [0.2, 0.25) is 11.8 Å². The van der Waals surface area contributed by atoms with Crippen molar-refractivity contribution >= 4 is 11.8 Å². The van der Waals surface area contributed by atoms with E-state index in [1.807, 2.05) is 30.3 Å². The normalized spacial score (nSPS) is 20.1. The van der Waals surface area contributed by atoms with Gasteiger partial charge in [0, 0.05) is 19.5 Å². The molecule has 1 aromatic carbocycles. The van der Waals surface area contributed by atoms with E-state index in [0.717, 1.165) is 18.5 Å². The highest BCUT2D eigenvalue weighted by Crippen LogP contribution is 2.29. The van der Waals surface area contributed by atoms with Crippen molar-refractivity contribution in [1.82, 2.24) is 20.0 Å². The third-order valence-electron chi connectivity index (χ3n) is 4.40. The van der Waals surface area contributed by atoms with E-state index >= 15 is 0 Å². The molecule has 0 radical (unpaired) electrons. The van der Waals surface area contributed by atoms with E-state index in [1.165, 1.54) is 6.20 Å². The Morgan fingerprint density at radius 3 is 2.96 bits per heavy atom. The number of aromatic nitrogens is 2. The molecule has 124 valence electrons. The minimum Gasteiger partial charge on any atom is -0.477 e. The highest BCUT2D eigenvalue weighted by Gasteiger charge is 2.34. The molecule has 2 aromatic rings. The third-order valence-corrected chi connectivity index (χ3v) is 4.40. The zero-order valence-corrected chi connectivity index (χ0v) is 13.1. The Kier molecular flexibility index (Phi) is 3.68. The van der Waals surface area contributed by atoms with Crippen LogP contribution < -0.4 is 10.1 Å².